The molecular formula is C12H12ClN3. The van der Waals surface area contributed by atoms with Crippen molar-refractivity contribution >= 4 is 17.8 Å². The lowest BCUT2D eigenvalue weighted by Crippen LogP contribution is -2.05. The second-order valence-corrected chi connectivity index (χ2v) is 3.78. The molecule has 1 aromatic heterocycles. The van der Waals surface area contributed by atoms with Crippen LogP contribution < -0.4 is 5.43 Å². The van der Waals surface area contributed by atoms with Gasteiger partial charge in [-0.1, -0.05) is 23.7 Å². The third kappa shape index (κ3) is 3.14. The Morgan fingerprint density at radius 2 is 2.06 bits per heavy atom. The molecule has 16 heavy (non-hydrogen) atoms. The largest absolute Gasteiger partial charge is 0.360 e. The van der Waals surface area contributed by atoms with Gasteiger partial charge in [0.25, 0.3) is 0 Å². The molecule has 2 N–H and O–H groups in total. The van der Waals surface area contributed by atoms with E-state index in [1.807, 2.05) is 42.6 Å². The van der Waals surface area contributed by atoms with E-state index in [2.05, 4.69) is 15.5 Å². The van der Waals surface area contributed by atoms with E-state index in [-0.39, 0.29) is 0 Å². The van der Waals surface area contributed by atoms with Crippen LogP contribution in [0.5, 0.6) is 0 Å². The minimum Gasteiger partial charge on any atom is -0.360 e. The number of nitrogens with one attached hydrogen (secondary N) is 2. The van der Waals surface area contributed by atoms with Crippen molar-refractivity contribution in [3.8, 4) is 0 Å². The number of hydrazone groups is 1. The Bertz CT molecular complexity index is 446. The topological polar surface area (TPSA) is 40.2 Å². The normalized spacial score (nSPS) is 10.8. The van der Waals surface area contributed by atoms with Gasteiger partial charge in [-0.3, -0.25) is 0 Å². The summed E-state index contributed by atoms with van der Waals surface area (Å²) in [6.07, 6.45) is 3.61. The van der Waals surface area contributed by atoms with Gasteiger partial charge in [-0.15, -0.1) is 0 Å². The summed E-state index contributed by atoms with van der Waals surface area (Å²) in [4.78, 5) is 3.04. The zero-order valence-electron chi connectivity index (χ0n) is 8.65. The molecule has 0 unspecified atom stereocenters. The Labute approximate surface area is 99.1 Å². The van der Waals surface area contributed by atoms with E-state index in [0.29, 0.717) is 6.54 Å². The van der Waals surface area contributed by atoms with Gasteiger partial charge in [0.05, 0.1) is 18.5 Å². The minimum atomic E-state index is 0.689. The number of rotatable bonds is 4. The monoisotopic (exact) mass is 233 g/mol. The number of nitrogens with zero attached hydrogens (tertiary/aromatic N) is 1. The fourth-order valence-corrected chi connectivity index (χ4v) is 1.40. The van der Waals surface area contributed by atoms with Gasteiger partial charge in [-0.25, -0.2) is 0 Å². The highest BCUT2D eigenvalue weighted by atomic mass is 35.5. The van der Waals surface area contributed by atoms with Crippen LogP contribution in [0.4, 0.5) is 0 Å². The van der Waals surface area contributed by atoms with Crippen molar-refractivity contribution in [1.82, 2.24) is 10.4 Å². The Hall–Kier alpha value is -1.74. The number of aromatic amines is 1. The number of benzene rings is 1. The van der Waals surface area contributed by atoms with E-state index in [1.54, 1.807) is 6.21 Å². The Morgan fingerprint density at radius 1 is 1.25 bits per heavy atom. The van der Waals surface area contributed by atoms with Crippen LogP contribution in [-0.2, 0) is 6.54 Å². The van der Waals surface area contributed by atoms with Crippen LogP contribution in [0.25, 0.3) is 0 Å². The lowest BCUT2D eigenvalue weighted by Gasteiger charge is -2.00. The van der Waals surface area contributed by atoms with Gasteiger partial charge in [0.15, 0.2) is 0 Å². The lowest BCUT2D eigenvalue weighted by molar-refractivity contribution is 0.748. The maximum absolute atomic E-state index is 5.79. The second-order valence-electron chi connectivity index (χ2n) is 3.35. The third-order valence-electron chi connectivity index (χ3n) is 2.11. The van der Waals surface area contributed by atoms with Gasteiger partial charge in [0, 0.05) is 11.2 Å². The third-order valence-corrected chi connectivity index (χ3v) is 2.37. The molecule has 82 valence electrons. The van der Waals surface area contributed by atoms with Crippen LogP contribution >= 0.6 is 11.6 Å². The Balaban J connectivity index is 1.82. The zero-order chi connectivity index (χ0) is 11.2. The van der Waals surface area contributed by atoms with Crippen LogP contribution in [0.1, 0.15) is 11.3 Å². The molecule has 0 atom stereocenters. The molecule has 0 aliphatic carbocycles. The van der Waals surface area contributed by atoms with Crippen LogP contribution in [0.15, 0.2) is 47.7 Å². The molecule has 0 saturated carbocycles. The van der Waals surface area contributed by atoms with Crippen molar-refractivity contribution in [2.24, 2.45) is 5.10 Å². The zero-order valence-corrected chi connectivity index (χ0v) is 9.41. The molecule has 0 radical (unpaired) electrons. The molecule has 0 fully saturated rings. The van der Waals surface area contributed by atoms with E-state index in [4.69, 9.17) is 11.6 Å². The first-order valence-corrected chi connectivity index (χ1v) is 5.36. The molecule has 0 saturated heterocycles. The summed E-state index contributed by atoms with van der Waals surface area (Å²) in [5.74, 6) is 0. The summed E-state index contributed by atoms with van der Waals surface area (Å²) in [6, 6.07) is 11.6. The number of hydrogen-bond acceptors (Lipinski definition) is 2. The van der Waals surface area contributed by atoms with Crippen molar-refractivity contribution in [2.45, 2.75) is 6.54 Å². The van der Waals surface area contributed by atoms with Crippen LogP contribution in [-0.4, -0.2) is 11.2 Å². The van der Waals surface area contributed by atoms with E-state index in [1.165, 1.54) is 0 Å². The molecule has 3 nitrogen and oxygen atoms in total. The van der Waals surface area contributed by atoms with Crippen molar-refractivity contribution in [3.05, 3.63) is 58.9 Å². The van der Waals surface area contributed by atoms with Crippen molar-refractivity contribution < 1.29 is 0 Å². The molecule has 0 bridgehead atoms. The SMILES string of the molecule is Clc1ccc(CN/N=C\c2ccc[nH]2)cc1. The highest BCUT2D eigenvalue weighted by Gasteiger charge is 1.91. The smallest absolute Gasteiger partial charge is 0.0703 e. The maximum Gasteiger partial charge on any atom is 0.0703 e. The molecular weight excluding hydrogens is 222 g/mol. The van der Waals surface area contributed by atoms with Gasteiger partial charge in [-0.2, -0.15) is 5.10 Å². The molecule has 4 heteroatoms. The number of hydrogen-bond donors (Lipinski definition) is 2. The molecule has 0 spiro atoms. The number of H-pyrrole nitrogens is 1. The number of halogens is 1. The average molecular weight is 234 g/mol. The first-order valence-electron chi connectivity index (χ1n) is 4.98. The summed E-state index contributed by atoms with van der Waals surface area (Å²) >= 11 is 5.79. The van der Waals surface area contributed by atoms with Crippen LogP contribution in [0.2, 0.25) is 5.02 Å². The van der Waals surface area contributed by atoms with Crippen LogP contribution in [0.3, 0.4) is 0 Å². The highest BCUT2D eigenvalue weighted by Crippen LogP contribution is 2.08. The van der Waals surface area contributed by atoms with Crippen LogP contribution in [0, 0.1) is 0 Å². The van der Waals surface area contributed by atoms with E-state index in [0.717, 1.165) is 16.3 Å². The van der Waals surface area contributed by atoms with E-state index < -0.39 is 0 Å². The van der Waals surface area contributed by atoms with E-state index >= 15 is 0 Å². The van der Waals surface area contributed by atoms with Crippen molar-refractivity contribution in [1.29, 1.82) is 0 Å². The first-order chi connectivity index (χ1) is 7.84. The van der Waals surface area contributed by atoms with E-state index in [9.17, 15) is 0 Å². The molecule has 0 aliphatic heterocycles. The van der Waals surface area contributed by atoms with Gasteiger partial charge < -0.3 is 10.4 Å². The highest BCUT2D eigenvalue weighted by molar-refractivity contribution is 6.30. The van der Waals surface area contributed by atoms with Gasteiger partial charge in [0.2, 0.25) is 0 Å². The second kappa shape index (κ2) is 5.37. The van der Waals surface area contributed by atoms with Gasteiger partial charge in [-0.05, 0) is 29.8 Å². The molecule has 0 aliphatic rings. The molecule has 0 amide bonds. The number of aromatic nitrogens is 1. The van der Waals surface area contributed by atoms with Gasteiger partial charge >= 0.3 is 0 Å². The fourth-order valence-electron chi connectivity index (χ4n) is 1.28. The fraction of sp³-hybridized carbons (Fsp3) is 0.0833. The Morgan fingerprint density at radius 3 is 2.75 bits per heavy atom. The summed E-state index contributed by atoms with van der Waals surface area (Å²) in [7, 11) is 0. The maximum atomic E-state index is 5.79. The summed E-state index contributed by atoms with van der Waals surface area (Å²) in [6.45, 7) is 0.689. The quantitative estimate of drug-likeness (QED) is 0.619. The predicted molar refractivity (Wildman–Crippen MR) is 66.7 cm³/mol. The summed E-state index contributed by atoms with van der Waals surface area (Å²) in [5.41, 5.74) is 5.09. The summed E-state index contributed by atoms with van der Waals surface area (Å²) < 4.78 is 0. The van der Waals surface area contributed by atoms with Crippen molar-refractivity contribution in [2.75, 3.05) is 0 Å². The lowest BCUT2D eigenvalue weighted by atomic mass is 10.2. The minimum absolute atomic E-state index is 0.689. The molecule has 1 heterocycles. The summed E-state index contributed by atoms with van der Waals surface area (Å²) in [5, 5.41) is 4.84. The Kier molecular flexibility index (Phi) is 3.62. The molecule has 1 aromatic carbocycles. The van der Waals surface area contributed by atoms with Crippen molar-refractivity contribution in [3.63, 3.8) is 0 Å². The molecule has 2 aromatic rings. The predicted octanol–water partition coefficient (Wildman–Crippen LogP) is 2.79. The average Bonchev–Trinajstić information content (AvgIpc) is 2.80. The van der Waals surface area contributed by atoms with Gasteiger partial charge in [0.1, 0.15) is 0 Å². The standard InChI is InChI=1S/C12H12ClN3/c13-11-5-3-10(4-6-11)8-15-16-9-12-2-1-7-14-12/h1-7,9,14-15H,8H2/b16-9-. The molecule has 2 rings (SSSR count). The first kappa shape index (κ1) is 10.8.